The van der Waals surface area contributed by atoms with Gasteiger partial charge in [-0.05, 0) is 37.0 Å². The molecule has 1 aromatic rings. The highest BCUT2D eigenvalue weighted by atomic mass is 16.5. The molecule has 0 spiro atoms. The Morgan fingerprint density at radius 1 is 1.20 bits per heavy atom. The van der Waals surface area contributed by atoms with Crippen LogP contribution < -0.4 is 10.1 Å². The summed E-state index contributed by atoms with van der Waals surface area (Å²) in [5, 5.41) is 13.0. The smallest absolute Gasteiger partial charge is 0.119 e. The van der Waals surface area contributed by atoms with Gasteiger partial charge in [-0.2, -0.15) is 0 Å². The molecule has 2 N–H and O–H groups in total. The summed E-state index contributed by atoms with van der Waals surface area (Å²) < 4.78 is 5.64. The van der Waals surface area contributed by atoms with Crippen LogP contribution in [0.4, 0.5) is 0 Å². The summed E-state index contributed by atoms with van der Waals surface area (Å²) in [6.07, 6.45) is 3.01. The molecule has 1 rings (SSSR count). The zero-order chi connectivity index (χ0) is 14.8. The van der Waals surface area contributed by atoms with Gasteiger partial charge in [0.15, 0.2) is 0 Å². The van der Waals surface area contributed by atoms with E-state index in [1.54, 1.807) is 0 Å². The highest BCUT2D eigenvalue weighted by Crippen LogP contribution is 2.24. The third-order valence-electron chi connectivity index (χ3n) is 4.04. The second kappa shape index (κ2) is 8.98. The Kier molecular flexibility index (Phi) is 7.63. The number of ether oxygens (including phenoxy) is 1. The summed E-state index contributed by atoms with van der Waals surface area (Å²) in [5.41, 5.74) is 1.23. The summed E-state index contributed by atoms with van der Waals surface area (Å²) >= 11 is 0. The van der Waals surface area contributed by atoms with Crippen LogP contribution in [0.15, 0.2) is 24.3 Å². The van der Waals surface area contributed by atoms with E-state index in [9.17, 15) is 5.11 Å². The molecule has 0 bridgehead atoms. The fraction of sp³-hybridized carbons (Fsp3) is 0.647. The van der Waals surface area contributed by atoms with Crippen molar-refractivity contribution in [3.63, 3.8) is 0 Å². The summed E-state index contributed by atoms with van der Waals surface area (Å²) in [6, 6.07) is 8.21. The summed E-state index contributed by atoms with van der Waals surface area (Å²) in [5.74, 6) is 0.936. The molecule has 0 heterocycles. The fourth-order valence-corrected chi connectivity index (χ4v) is 2.22. The van der Waals surface area contributed by atoms with Gasteiger partial charge in [0.05, 0.1) is 6.61 Å². The van der Waals surface area contributed by atoms with Crippen molar-refractivity contribution in [2.75, 3.05) is 19.8 Å². The first-order valence-corrected chi connectivity index (χ1v) is 7.73. The van der Waals surface area contributed by atoms with Gasteiger partial charge < -0.3 is 15.2 Å². The Hall–Kier alpha value is -1.06. The second-order valence-corrected chi connectivity index (χ2v) is 5.46. The number of nitrogens with one attached hydrogen (secondary N) is 1. The maximum atomic E-state index is 9.55. The molecule has 0 aliphatic heterocycles. The standard InChI is InChI=1S/C17H29NO2/c1-4-10-20-16-9-7-8-15(11-16)12-18-13-17(5-2,6-3)14-19/h7-9,11,18-19H,4-6,10,12-14H2,1-3H3. The molecule has 0 atom stereocenters. The van der Waals surface area contributed by atoms with E-state index in [-0.39, 0.29) is 12.0 Å². The fourth-order valence-electron chi connectivity index (χ4n) is 2.22. The van der Waals surface area contributed by atoms with Gasteiger partial charge >= 0.3 is 0 Å². The molecule has 0 saturated carbocycles. The van der Waals surface area contributed by atoms with Crippen molar-refractivity contribution in [2.24, 2.45) is 5.41 Å². The lowest BCUT2D eigenvalue weighted by molar-refractivity contribution is 0.113. The van der Waals surface area contributed by atoms with Crippen LogP contribution in [0.2, 0.25) is 0 Å². The van der Waals surface area contributed by atoms with Crippen LogP contribution in [0, 0.1) is 5.41 Å². The van der Waals surface area contributed by atoms with Gasteiger partial charge in [-0.3, -0.25) is 0 Å². The lowest BCUT2D eigenvalue weighted by atomic mass is 9.83. The summed E-state index contributed by atoms with van der Waals surface area (Å²) in [6.45, 7) is 9.04. The maximum absolute atomic E-state index is 9.55. The molecule has 3 nitrogen and oxygen atoms in total. The van der Waals surface area contributed by atoms with Crippen molar-refractivity contribution < 1.29 is 9.84 Å². The van der Waals surface area contributed by atoms with Crippen molar-refractivity contribution in [3.05, 3.63) is 29.8 Å². The molecule has 0 radical (unpaired) electrons. The van der Waals surface area contributed by atoms with E-state index in [1.165, 1.54) is 5.56 Å². The second-order valence-electron chi connectivity index (χ2n) is 5.46. The molecule has 0 aromatic heterocycles. The van der Waals surface area contributed by atoms with E-state index in [0.29, 0.717) is 0 Å². The zero-order valence-electron chi connectivity index (χ0n) is 13.1. The molecular formula is C17H29NO2. The van der Waals surface area contributed by atoms with Crippen LogP contribution >= 0.6 is 0 Å². The topological polar surface area (TPSA) is 41.5 Å². The van der Waals surface area contributed by atoms with Gasteiger partial charge in [-0.15, -0.1) is 0 Å². The van der Waals surface area contributed by atoms with E-state index in [0.717, 1.165) is 44.7 Å². The van der Waals surface area contributed by atoms with Crippen molar-refractivity contribution in [3.8, 4) is 5.75 Å². The quantitative estimate of drug-likeness (QED) is 0.690. The van der Waals surface area contributed by atoms with E-state index >= 15 is 0 Å². The van der Waals surface area contributed by atoms with E-state index in [2.05, 4.69) is 38.2 Å². The number of aliphatic hydroxyl groups excluding tert-OH is 1. The van der Waals surface area contributed by atoms with Crippen molar-refractivity contribution in [2.45, 2.75) is 46.6 Å². The summed E-state index contributed by atoms with van der Waals surface area (Å²) in [7, 11) is 0. The van der Waals surface area contributed by atoms with Crippen molar-refractivity contribution in [1.82, 2.24) is 5.32 Å². The van der Waals surface area contributed by atoms with Gasteiger partial charge in [-0.25, -0.2) is 0 Å². The lowest BCUT2D eigenvalue weighted by Crippen LogP contribution is -2.36. The number of hydrogen-bond donors (Lipinski definition) is 2. The van der Waals surface area contributed by atoms with Crippen molar-refractivity contribution in [1.29, 1.82) is 0 Å². The largest absolute Gasteiger partial charge is 0.494 e. The van der Waals surface area contributed by atoms with Crippen LogP contribution in [-0.4, -0.2) is 24.9 Å². The number of benzene rings is 1. The molecule has 0 unspecified atom stereocenters. The Bertz CT molecular complexity index is 367. The number of hydrogen-bond acceptors (Lipinski definition) is 3. The van der Waals surface area contributed by atoms with Crippen LogP contribution in [-0.2, 0) is 6.54 Å². The van der Waals surface area contributed by atoms with Crippen LogP contribution in [0.5, 0.6) is 5.75 Å². The predicted molar refractivity (Wildman–Crippen MR) is 84.0 cm³/mol. The molecule has 3 heteroatoms. The van der Waals surface area contributed by atoms with Gasteiger partial charge in [0, 0.05) is 25.1 Å². The Balaban J connectivity index is 2.49. The van der Waals surface area contributed by atoms with E-state index in [1.807, 2.05) is 12.1 Å². The summed E-state index contributed by atoms with van der Waals surface area (Å²) in [4.78, 5) is 0. The van der Waals surface area contributed by atoms with E-state index < -0.39 is 0 Å². The Morgan fingerprint density at radius 2 is 1.95 bits per heavy atom. The monoisotopic (exact) mass is 279 g/mol. The first-order valence-electron chi connectivity index (χ1n) is 7.73. The Labute approximate surface area is 123 Å². The number of aliphatic hydroxyl groups is 1. The minimum absolute atomic E-state index is 0.0102. The van der Waals surface area contributed by atoms with Gasteiger partial charge in [0.1, 0.15) is 5.75 Å². The molecule has 0 aliphatic carbocycles. The molecule has 0 fully saturated rings. The highest BCUT2D eigenvalue weighted by Gasteiger charge is 2.24. The third-order valence-corrected chi connectivity index (χ3v) is 4.04. The highest BCUT2D eigenvalue weighted by molar-refractivity contribution is 5.28. The Morgan fingerprint density at radius 3 is 2.55 bits per heavy atom. The first-order chi connectivity index (χ1) is 9.69. The average Bonchev–Trinajstić information content (AvgIpc) is 2.50. The molecule has 20 heavy (non-hydrogen) atoms. The van der Waals surface area contributed by atoms with Gasteiger partial charge in [0.2, 0.25) is 0 Å². The first kappa shape index (κ1) is 17.0. The maximum Gasteiger partial charge on any atom is 0.119 e. The van der Waals surface area contributed by atoms with E-state index in [4.69, 9.17) is 4.74 Å². The average molecular weight is 279 g/mol. The van der Waals surface area contributed by atoms with Crippen LogP contribution in [0.25, 0.3) is 0 Å². The van der Waals surface area contributed by atoms with Gasteiger partial charge in [0.25, 0.3) is 0 Å². The van der Waals surface area contributed by atoms with Crippen molar-refractivity contribution >= 4 is 0 Å². The number of rotatable bonds is 10. The lowest BCUT2D eigenvalue weighted by Gasteiger charge is -2.29. The molecule has 114 valence electrons. The normalized spacial score (nSPS) is 11.6. The minimum Gasteiger partial charge on any atom is -0.494 e. The zero-order valence-corrected chi connectivity index (χ0v) is 13.1. The predicted octanol–water partition coefficient (Wildman–Crippen LogP) is 3.36. The minimum atomic E-state index is 0.0102. The SMILES string of the molecule is CCCOc1cccc(CNCC(CC)(CC)CO)c1. The molecule has 1 aromatic carbocycles. The molecule has 0 saturated heterocycles. The molecule has 0 amide bonds. The molecule has 0 aliphatic rings. The third kappa shape index (κ3) is 5.14. The van der Waals surface area contributed by atoms with Gasteiger partial charge in [-0.1, -0.05) is 32.9 Å². The van der Waals surface area contributed by atoms with Crippen LogP contribution in [0.3, 0.4) is 0 Å². The van der Waals surface area contributed by atoms with Crippen LogP contribution in [0.1, 0.15) is 45.6 Å². The molecular weight excluding hydrogens is 250 g/mol.